The summed E-state index contributed by atoms with van der Waals surface area (Å²) in [4.78, 5) is 6.87. The highest BCUT2D eigenvalue weighted by molar-refractivity contribution is 5.92. The summed E-state index contributed by atoms with van der Waals surface area (Å²) in [5.41, 5.74) is 6.79. The van der Waals surface area contributed by atoms with Crippen molar-refractivity contribution in [1.29, 1.82) is 0 Å². The van der Waals surface area contributed by atoms with E-state index in [0.717, 1.165) is 18.2 Å². The normalized spacial score (nSPS) is 19.4. The van der Waals surface area contributed by atoms with E-state index in [1.165, 1.54) is 25.9 Å². The molecule has 1 saturated heterocycles. The van der Waals surface area contributed by atoms with Gasteiger partial charge in [-0.2, -0.15) is 0 Å². The molecule has 1 atom stereocenters. The summed E-state index contributed by atoms with van der Waals surface area (Å²) < 4.78 is 10.5. The second-order valence-corrected chi connectivity index (χ2v) is 6.01. The van der Waals surface area contributed by atoms with E-state index >= 15 is 0 Å². The quantitative estimate of drug-likeness (QED) is 0.621. The number of nitrogens with zero attached hydrogens (tertiary/aromatic N) is 2. The number of aliphatic imine (C=N–C) groups is 1. The second-order valence-electron chi connectivity index (χ2n) is 6.01. The Morgan fingerprint density at radius 3 is 2.83 bits per heavy atom. The summed E-state index contributed by atoms with van der Waals surface area (Å²) in [7, 11) is 3.22. The largest absolute Gasteiger partial charge is 0.493 e. The Morgan fingerprint density at radius 2 is 2.13 bits per heavy atom. The highest BCUT2D eigenvalue weighted by atomic mass is 16.5. The molecule has 1 aliphatic heterocycles. The van der Waals surface area contributed by atoms with Gasteiger partial charge in [-0.25, -0.2) is 0 Å². The zero-order valence-electron chi connectivity index (χ0n) is 14.3. The summed E-state index contributed by atoms with van der Waals surface area (Å²) in [5.74, 6) is 2.55. The first-order chi connectivity index (χ1) is 11.1. The Balaban J connectivity index is 1.84. The third-order valence-corrected chi connectivity index (χ3v) is 4.10. The van der Waals surface area contributed by atoms with Crippen LogP contribution in [0.4, 0.5) is 5.69 Å². The van der Waals surface area contributed by atoms with Gasteiger partial charge in [0, 0.05) is 24.8 Å². The van der Waals surface area contributed by atoms with Gasteiger partial charge in [0.15, 0.2) is 17.5 Å². The molecule has 23 heavy (non-hydrogen) atoms. The maximum atomic E-state index is 5.96. The van der Waals surface area contributed by atoms with E-state index < -0.39 is 0 Å². The van der Waals surface area contributed by atoms with Gasteiger partial charge >= 0.3 is 0 Å². The van der Waals surface area contributed by atoms with Crippen LogP contribution in [0.2, 0.25) is 0 Å². The minimum Gasteiger partial charge on any atom is -0.493 e. The number of rotatable bonds is 6. The average Bonchev–Trinajstić information content (AvgIpc) is 2.54. The molecule has 128 valence electrons. The van der Waals surface area contributed by atoms with Crippen LogP contribution in [0.25, 0.3) is 0 Å². The van der Waals surface area contributed by atoms with Gasteiger partial charge in [0.05, 0.1) is 20.8 Å². The second kappa shape index (κ2) is 8.62. The van der Waals surface area contributed by atoms with Gasteiger partial charge in [-0.05, 0) is 37.4 Å². The summed E-state index contributed by atoms with van der Waals surface area (Å²) in [6, 6.07) is 5.56. The van der Waals surface area contributed by atoms with Gasteiger partial charge < -0.3 is 25.4 Å². The van der Waals surface area contributed by atoms with Gasteiger partial charge in [0.25, 0.3) is 0 Å². The molecule has 0 spiro atoms. The molecule has 2 rings (SSSR count). The number of methoxy groups -OCH3 is 2. The molecule has 6 nitrogen and oxygen atoms in total. The predicted molar refractivity (Wildman–Crippen MR) is 94.5 cm³/mol. The van der Waals surface area contributed by atoms with Gasteiger partial charge in [-0.1, -0.05) is 6.92 Å². The molecule has 0 aromatic heterocycles. The third kappa shape index (κ3) is 5.32. The smallest absolute Gasteiger partial charge is 0.193 e. The molecular weight excluding hydrogens is 292 g/mol. The van der Waals surface area contributed by atoms with E-state index in [1.54, 1.807) is 14.2 Å². The maximum absolute atomic E-state index is 5.96. The van der Waals surface area contributed by atoms with Crippen LogP contribution in [-0.2, 0) is 0 Å². The van der Waals surface area contributed by atoms with Crippen LogP contribution in [0.5, 0.6) is 11.5 Å². The molecule has 0 aliphatic carbocycles. The Hall–Kier alpha value is -1.95. The first-order valence-corrected chi connectivity index (χ1v) is 8.13. The van der Waals surface area contributed by atoms with Gasteiger partial charge in [-0.15, -0.1) is 0 Å². The van der Waals surface area contributed by atoms with E-state index in [0.29, 0.717) is 24.0 Å². The zero-order valence-corrected chi connectivity index (χ0v) is 14.3. The van der Waals surface area contributed by atoms with Crippen LogP contribution >= 0.6 is 0 Å². The first-order valence-electron chi connectivity index (χ1n) is 8.13. The van der Waals surface area contributed by atoms with Crippen molar-refractivity contribution in [2.45, 2.75) is 19.8 Å². The fourth-order valence-electron chi connectivity index (χ4n) is 2.90. The number of ether oxygens (including phenoxy) is 2. The molecule has 0 saturated carbocycles. The lowest BCUT2D eigenvalue weighted by atomic mass is 10.0. The number of hydrogen-bond donors (Lipinski definition) is 2. The van der Waals surface area contributed by atoms with Crippen LogP contribution in [-0.4, -0.2) is 51.3 Å². The van der Waals surface area contributed by atoms with E-state index in [-0.39, 0.29) is 0 Å². The number of likely N-dealkylation sites (tertiary alicyclic amines) is 1. The lowest BCUT2D eigenvalue weighted by Gasteiger charge is -2.30. The monoisotopic (exact) mass is 320 g/mol. The van der Waals surface area contributed by atoms with Crippen molar-refractivity contribution in [3.05, 3.63) is 18.2 Å². The van der Waals surface area contributed by atoms with Gasteiger partial charge in [-0.3, -0.25) is 4.99 Å². The van der Waals surface area contributed by atoms with Gasteiger partial charge in [0.2, 0.25) is 0 Å². The Morgan fingerprint density at radius 1 is 1.35 bits per heavy atom. The van der Waals surface area contributed by atoms with Crippen LogP contribution in [0.3, 0.4) is 0 Å². The number of piperidine rings is 1. The van der Waals surface area contributed by atoms with Crippen molar-refractivity contribution in [3.63, 3.8) is 0 Å². The lowest BCUT2D eigenvalue weighted by Crippen LogP contribution is -2.36. The molecule has 0 amide bonds. The van der Waals surface area contributed by atoms with Crippen molar-refractivity contribution >= 4 is 11.6 Å². The lowest BCUT2D eigenvalue weighted by molar-refractivity contribution is 0.189. The molecule has 1 aliphatic rings. The minimum absolute atomic E-state index is 0.419. The summed E-state index contributed by atoms with van der Waals surface area (Å²) in [6.07, 6.45) is 2.62. The summed E-state index contributed by atoms with van der Waals surface area (Å²) >= 11 is 0. The van der Waals surface area contributed by atoms with E-state index in [1.807, 2.05) is 18.2 Å². The molecule has 1 aromatic carbocycles. The van der Waals surface area contributed by atoms with E-state index in [9.17, 15) is 0 Å². The molecule has 0 radical (unpaired) electrons. The third-order valence-electron chi connectivity index (χ3n) is 4.10. The number of benzene rings is 1. The molecule has 6 heteroatoms. The molecule has 0 bridgehead atoms. The number of nitrogens with one attached hydrogen (secondary N) is 1. The van der Waals surface area contributed by atoms with Crippen molar-refractivity contribution < 1.29 is 9.47 Å². The SMILES string of the molecule is COc1ccc(NC(N)=NCCN2CCCC(C)C2)cc1OC. The first kappa shape index (κ1) is 17.4. The number of nitrogens with two attached hydrogens (primary N) is 1. The van der Waals surface area contributed by atoms with Crippen LogP contribution in [0.1, 0.15) is 19.8 Å². The average molecular weight is 320 g/mol. The van der Waals surface area contributed by atoms with Crippen molar-refractivity contribution in [1.82, 2.24) is 4.90 Å². The van der Waals surface area contributed by atoms with E-state index in [2.05, 4.69) is 22.1 Å². The molecule has 1 fully saturated rings. The topological polar surface area (TPSA) is 72.1 Å². The highest BCUT2D eigenvalue weighted by Gasteiger charge is 2.15. The minimum atomic E-state index is 0.419. The molecule has 1 aromatic rings. The number of hydrogen-bond acceptors (Lipinski definition) is 4. The molecule has 1 heterocycles. The molecule has 1 unspecified atom stereocenters. The molecule has 3 N–H and O–H groups in total. The van der Waals surface area contributed by atoms with Crippen molar-refractivity contribution in [2.75, 3.05) is 45.7 Å². The fraction of sp³-hybridized carbons (Fsp3) is 0.588. The fourth-order valence-corrected chi connectivity index (χ4v) is 2.90. The Bertz CT molecular complexity index is 533. The summed E-state index contributed by atoms with van der Waals surface area (Å²) in [5, 5.41) is 3.09. The number of guanidine groups is 1. The zero-order chi connectivity index (χ0) is 16.7. The summed E-state index contributed by atoms with van der Waals surface area (Å²) in [6.45, 7) is 6.31. The Labute approximate surface area is 138 Å². The number of anilines is 1. The van der Waals surface area contributed by atoms with E-state index in [4.69, 9.17) is 15.2 Å². The van der Waals surface area contributed by atoms with Crippen LogP contribution in [0.15, 0.2) is 23.2 Å². The van der Waals surface area contributed by atoms with Crippen LogP contribution < -0.4 is 20.5 Å². The molecular formula is C17H28N4O2. The van der Waals surface area contributed by atoms with Crippen molar-refractivity contribution in [3.8, 4) is 11.5 Å². The predicted octanol–water partition coefficient (Wildman–Crippen LogP) is 2.16. The van der Waals surface area contributed by atoms with Crippen molar-refractivity contribution in [2.24, 2.45) is 16.6 Å². The van der Waals surface area contributed by atoms with Gasteiger partial charge in [0.1, 0.15) is 0 Å². The standard InChI is InChI=1S/C17H28N4O2/c1-13-5-4-9-21(12-13)10-8-19-17(18)20-14-6-7-15(22-2)16(11-14)23-3/h6-7,11,13H,4-5,8-10,12H2,1-3H3,(H3,18,19,20). The Kier molecular flexibility index (Phi) is 6.52. The maximum Gasteiger partial charge on any atom is 0.193 e. The highest BCUT2D eigenvalue weighted by Crippen LogP contribution is 2.29. The van der Waals surface area contributed by atoms with Crippen LogP contribution in [0, 0.1) is 5.92 Å².